The van der Waals surface area contributed by atoms with E-state index >= 15 is 0 Å². The third-order valence-corrected chi connectivity index (χ3v) is 1.24. The van der Waals surface area contributed by atoms with E-state index in [1.54, 1.807) is 12.4 Å². The van der Waals surface area contributed by atoms with Crippen LogP contribution in [-0.2, 0) is 0 Å². The maximum atomic E-state index is 5.29. The van der Waals surface area contributed by atoms with Gasteiger partial charge < -0.3 is 4.74 Å². The summed E-state index contributed by atoms with van der Waals surface area (Å²) in [7, 11) is 0. The zero-order chi connectivity index (χ0) is 7.23. The molecule has 0 bridgehead atoms. The van der Waals surface area contributed by atoms with E-state index in [0.29, 0.717) is 0 Å². The van der Waals surface area contributed by atoms with Gasteiger partial charge in [-0.3, -0.25) is 5.10 Å². The highest BCUT2D eigenvalue weighted by Crippen LogP contribution is 2.04. The van der Waals surface area contributed by atoms with Crippen LogP contribution in [0, 0.1) is 0 Å². The molecule has 0 aliphatic rings. The normalized spacial score (nSPS) is 9.70. The maximum Gasteiger partial charge on any atom is 0.156 e. The number of nitrogens with one attached hydrogen (secondary N) is 1. The summed E-state index contributed by atoms with van der Waals surface area (Å²) in [4.78, 5) is 0. The second-order valence-corrected chi connectivity index (χ2v) is 2.14. The Morgan fingerprint density at radius 3 is 3.20 bits per heavy atom. The molecule has 0 unspecified atom stereocenters. The third kappa shape index (κ3) is 2.09. The molecule has 3 nitrogen and oxygen atoms in total. The third-order valence-electron chi connectivity index (χ3n) is 1.24. The van der Waals surface area contributed by atoms with Gasteiger partial charge in [0.1, 0.15) is 0 Å². The first-order chi connectivity index (χ1) is 4.93. The summed E-state index contributed by atoms with van der Waals surface area (Å²) in [6, 6.07) is 0. The first-order valence-electron chi connectivity index (χ1n) is 3.55. The number of aromatic amines is 1. The summed E-state index contributed by atoms with van der Waals surface area (Å²) < 4.78 is 5.29. The molecule has 56 valence electrons. The molecule has 10 heavy (non-hydrogen) atoms. The van der Waals surface area contributed by atoms with Crippen LogP contribution in [0.4, 0.5) is 0 Å². The first kappa shape index (κ1) is 7.12. The number of H-pyrrole nitrogens is 1. The van der Waals surface area contributed by atoms with Crippen molar-refractivity contribution in [1.29, 1.82) is 0 Å². The number of rotatable bonds is 4. The minimum Gasteiger partial charge on any atom is -0.490 e. The lowest BCUT2D eigenvalue weighted by molar-refractivity contribution is 0.309. The molecular weight excluding hydrogens is 128 g/mol. The summed E-state index contributed by atoms with van der Waals surface area (Å²) in [5.41, 5.74) is 0. The first-order valence-corrected chi connectivity index (χ1v) is 3.55. The number of hydrogen-bond acceptors (Lipinski definition) is 2. The Morgan fingerprint density at radius 1 is 1.70 bits per heavy atom. The average Bonchev–Trinajstić information content (AvgIpc) is 2.41. The predicted octanol–water partition coefficient (Wildman–Crippen LogP) is 1.59. The summed E-state index contributed by atoms with van der Waals surface area (Å²) in [6.07, 6.45) is 5.69. The van der Waals surface area contributed by atoms with Gasteiger partial charge in [-0.05, 0) is 6.42 Å². The van der Waals surface area contributed by atoms with E-state index in [0.717, 1.165) is 25.2 Å². The highest BCUT2D eigenvalue weighted by Gasteiger charge is 1.90. The van der Waals surface area contributed by atoms with Gasteiger partial charge in [0.15, 0.2) is 5.75 Å². The van der Waals surface area contributed by atoms with Crippen molar-refractivity contribution in [3.63, 3.8) is 0 Å². The van der Waals surface area contributed by atoms with Crippen molar-refractivity contribution in [3.8, 4) is 5.75 Å². The number of hydrogen-bond donors (Lipinski definition) is 1. The molecule has 0 saturated carbocycles. The van der Waals surface area contributed by atoms with E-state index in [-0.39, 0.29) is 0 Å². The van der Waals surface area contributed by atoms with Gasteiger partial charge in [-0.2, -0.15) is 5.10 Å². The van der Waals surface area contributed by atoms with Crippen LogP contribution in [0.2, 0.25) is 0 Å². The van der Waals surface area contributed by atoms with Gasteiger partial charge in [-0.15, -0.1) is 0 Å². The molecule has 1 N–H and O–H groups in total. The Kier molecular flexibility index (Phi) is 2.80. The Bertz CT molecular complexity index is 160. The molecule has 0 atom stereocenters. The van der Waals surface area contributed by atoms with Crippen molar-refractivity contribution in [2.45, 2.75) is 19.8 Å². The smallest absolute Gasteiger partial charge is 0.156 e. The zero-order valence-electron chi connectivity index (χ0n) is 6.13. The van der Waals surface area contributed by atoms with E-state index in [1.807, 2.05) is 0 Å². The van der Waals surface area contributed by atoms with Gasteiger partial charge in [0.25, 0.3) is 0 Å². The second kappa shape index (κ2) is 3.93. The van der Waals surface area contributed by atoms with Crippen LogP contribution in [0.25, 0.3) is 0 Å². The van der Waals surface area contributed by atoms with Crippen LogP contribution < -0.4 is 4.74 Å². The molecule has 0 aliphatic carbocycles. The van der Waals surface area contributed by atoms with Crippen molar-refractivity contribution >= 4 is 0 Å². The average molecular weight is 140 g/mol. The van der Waals surface area contributed by atoms with Crippen LogP contribution in [0.15, 0.2) is 12.4 Å². The highest BCUT2D eigenvalue weighted by molar-refractivity contribution is 5.09. The van der Waals surface area contributed by atoms with Gasteiger partial charge in [0, 0.05) is 0 Å². The van der Waals surface area contributed by atoms with E-state index in [9.17, 15) is 0 Å². The molecule has 1 rings (SSSR count). The number of aromatic nitrogens is 2. The van der Waals surface area contributed by atoms with E-state index in [1.165, 1.54) is 0 Å². The SMILES string of the molecule is CCCCOc1cn[nH]c1. The lowest BCUT2D eigenvalue weighted by Crippen LogP contribution is -1.94. The summed E-state index contributed by atoms with van der Waals surface area (Å²) in [5, 5.41) is 6.43. The molecular formula is C7H12N2O. The minimum absolute atomic E-state index is 0.788. The van der Waals surface area contributed by atoms with Gasteiger partial charge in [0.2, 0.25) is 0 Å². The van der Waals surface area contributed by atoms with Crippen molar-refractivity contribution in [2.24, 2.45) is 0 Å². The van der Waals surface area contributed by atoms with Crippen LogP contribution in [0.1, 0.15) is 19.8 Å². The molecule has 0 aromatic carbocycles. The minimum atomic E-state index is 0.788. The molecule has 1 aromatic rings. The standard InChI is InChI=1S/C7H12N2O/c1-2-3-4-10-7-5-8-9-6-7/h5-6H,2-4H2,1H3,(H,8,9). The molecule has 0 amide bonds. The van der Waals surface area contributed by atoms with Gasteiger partial charge in [0.05, 0.1) is 19.0 Å². The van der Waals surface area contributed by atoms with Crippen LogP contribution >= 0.6 is 0 Å². The number of unbranched alkanes of at least 4 members (excludes halogenated alkanes) is 1. The van der Waals surface area contributed by atoms with Crippen LogP contribution in [-0.4, -0.2) is 16.8 Å². The van der Waals surface area contributed by atoms with Gasteiger partial charge in [-0.1, -0.05) is 13.3 Å². The molecule has 0 spiro atoms. The van der Waals surface area contributed by atoms with Gasteiger partial charge >= 0.3 is 0 Å². The van der Waals surface area contributed by atoms with Crippen molar-refractivity contribution < 1.29 is 4.74 Å². The summed E-state index contributed by atoms with van der Waals surface area (Å²) in [6.45, 7) is 2.93. The molecule has 0 saturated heterocycles. The Morgan fingerprint density at radius 2 is 2.60 bits per heavy atom. The van der Waals surface area contributed by atoms with Crippen molar-refractivity contribution in [1.82, 2.24) is 10.2 Å². The van der Waals surface area contributed by atoms with Gasteiger partial charge in [-0.25, -0.2) is 0 Å². The van der Waals surface area contributed by atoms with Crippen molar-refractivity contribution in [3.05, 3.63) is 12.4 Å². The monoisotopic (exact) mass is 140 g/mol. The fourth-order valence-corrected chi connectivity index (χ4v) is 0.652. The fraction of sp³-hybridized carbons (Fsp3) is 0.571. The second-order valence-electron chi connectivity index (χ2n) is 2.14. The van der Waals surface area contributed by atoms with Crippen LogP contribution in [0.3, 0.4) is 0 Å². The molecule has 1 aromatic heterocycles. The highest BCUT2D eigenvalue weighted by atomic mass is 16.5. The topological polar surface area (TPSA) is 37.9 Å². The van der Waals surface area contributed by atoms with Crippen molar-refractivity contribution in [2.75, 3.05) is 6.61 Å². The Balaban J connectivity index is 2.15. The lowest BCUT2D eigenvalue weighted by Gasteiger charge is -1.98. The predicted molar refractivity (Wildman–Crippen MR) is 39.0 cm³/mol. The molecule has 0 fully saturated rings. The molecule has 0 radical (unpaired) electrons. The molecule has 3 heteroatoms. The maximum absolute atomic E-state index is 5.29. The molecule has 1 heterocycles. The van der Waals surface area contributed by atoms with E-state index < -0.39 is 0 Å². The van der Waals surface area contributed by atoms with E-state index in [4.69, 9.17) is 4.74 Å². The molecule has 0 aliphatic heterocycles. The quantitative estimate of drug-likeness (QED) is 0.645. The largest absolute Gasteiger partial charge is 0.490 e. The Hall–Kier alpha value is -0.990. The zero-order valence-corrected chi connectivity index (χ0v) is 6.13. The summed E-state index contributed by atoms with van der Waals surface area (Å²) in [5.74, 6) is 0.827. The number of ether oxygens (including phenoxy) is 1. The summed E-state index contributed by atoms with van der Waals surface area (Å²) >= 11 is 0. The number of nitrogens with zero attached hydrogens (tertiary/aromatic N) is 1. The van der Waals surface area contributed by atoms with Crippen LogP contribution in [0.5, 0.6) is 5.75 Å². The Labute approximate surface area is 60.4 Å². The van der Waals surface area contributed by atoms with E-state index in [2.05, 4.69) is 17.1 Å². The lowest BCUT2D eigenvalue weighted by atomic mass is 10.4. The fourth-order valence-electron chi connectivity index (χ4n) is 0.652.